The first-order chi connectivity index (χ1) is 15.8. The number of carboxylic acid groups (broad SMARTS) is 2. The molecular weight excluding hydrogens is 436 g/mol. The van der Waals surface area contributed by atoms with E-state index in [2.05, 4.69) is 0 Å². The van der Waals surface area contributed by atoms with Gasteiger partial charge >= 0.3 is 11.9 Å². The lowest BCUT2D eigenvalue weighted by Crippen LogP contribution is -1.96. The summed E-state index contributed by atoms with van der Waals surface area (Å²) in [5.41, 5.74) is 17.3. The van der Waals surface area contributed by atoms with Gasteiger partial charge in [0.25, 0.3) is 0 Å². The highest BCUT2D eigenvalue weighted by Crippen LogP contribution is 2.42. The minimum atomic E-state index is -0.980. The average molecular weight is 457 g/mol. The highest BCUT2D eigenvalue weighted by atomic mass is 32.2. The van der Waals surface area contributed by atoms with Gasteiger partial charge in [-0.1, -0.05) is 48.2 Å². The van der Waals surface area contributed by atoms with Crippen LogP contribution >= 0.6 is 11.8 Å². The highest BCUT2D eigenvalue weighted by Gasteiger charge is 2.14. The minimum Gasteiger partial charge on any atom is -0.478 e. The van der Waals surface area contributed by atoms with Gasteiger partial charge in [0.1, 0.15) is 0 Å². The van der Waals surface area contributed by atoms with E-state index in [0.717, 1.165) is 32.0 Å². The van der Waals surface area contributed by atoms with Crippen LogP contribution in [0.5, 0.6) is 0 Å². The number of carbonyl (C=O) groups is 2. The van der Waals surface area contributed by atoms with Crippen LogP contribution in [0.3, 0.4) is 0 Å². The number of nitrogens with two attached hydrogens (primary N) is 2. The van der Waals surface area contributed by atoms with E-state index in [1.807, 2.05) is 24.3 Å². The van der Waals surface area contributed by atoms with Crippen molar-refractivity contribution in [3.05, 3.63) is 96.1 Å². The first kappa shape index (κ1) is 22.0. The Labute approximate surface area is 194 Å². The number of nitrogen functional groups attached to an aromatic ring is 2. The van der Waals surface area contributed by atoms with Gasteiger partial charge in [-0.05, 0) is 70.8 Å². The van der Waals surface area contributed by atoms with Crippen LogP contribution in [-0.4, -0.2) is 22.2 Å². The maximum Gasteiger partial charge on any atom is 0.335 e. The summed E-state index contributed by atoms with van der Waals surface area (Å²) in [4.78, 5) is 24.2. The number of carboxylic acids is 2. The first-order valence-electron chi connectivity index (χ1n) is 9.96. The van der Waals surface area contributed by atoms with Gasteiger partial charge in [0.05, 0.1) is 11.1 Å². The first-order valence-corrected chi connectivity index (χ1v) is 10.8. The van der Waals surface area contributed by atoms with Crippen molar-refractivity contribution in [1.29, 1.82) is 0 Å². The Kier molecular flexibility index (Phi) is 6.06. The van der Waals surface area contributed by atoms with Crippen LogP contribution in [0.1, 0.15) is 20.7 Å². The summed E-state index contributed by atoms with van der Waals surface area (Å²) in [7, 11) is 0. The molecule has 164 valence electrons. The Morgan fingerprint density at radius 2 is 0.939 bits per heavy atom. The Bertz CT molecular complexity index is 1250. The molecule has 0 unspecified atom stereocenters. The van der Waals surface area contributed by atoms with Crippen LogP contribution in [0.25, 0.3) is 22.3 Å². The van der Waals surface area contributed by atoms with Gasteiger partial charge in [-0.2, -0.15) is 0 Å². The van der Waals surface area contributed by atoms with Crippen LogP contribution in [0.15, 0.2) is 94.7 Å². The normalized spacial score (nSPS) is 10.7. The molecule has 7 heteroatoms. The van der Waals surface area contributed by atoms with Gasteiger partial charge < -0.3 is 21.7 Å². The Morgan fingerprint density at radius 1 is 0.576 bits per heavy atom. The van der Waals surface area contributed by atoms with Crippen LogP contribution in [0.2, 0.25) is 0 Å². The topological polar surface area (TPSA) is 127 Å². The van der Waals surface area contributed by atoms with E-state index in [4.69, 9.17) is 11.5 Å². The molecule has 0 aliphatic carbocycles. The van der Waals surface area contributed by atoms with Crippen molar-refractivity contribution in [2.24, 2.45) is 0 Å². The number of rotatable bonds is 6. The van der Waals surface area contributed by atoms with Crippen molar-refractivity contribution in [3.8, 4) is 22.3 Å². The highest BCUT2D eigenvalue weighted by molar-refractivity contribution is 7.99. The van der Waals surface area contributed by atoms with Crippen molar-refractivity contribution in [2.45, 2.75) is 9.79 Å². The van der Waals surface area contributed by atoms with Gasteiger partial charge in [-0.15, -0.1) is 0 Å². The lowest BCUT2D eigenvalue weighted by atomic mass is 10.0. The average Bonchev–Trinajstić information content (AvgIpc) is 2.79. The van der Waals surface area contributed by atoms with Gasteiger partial charge in [-0.25, -0.2) is 9.59 Å². The van der Waals surface area contributed by atoms with Crippen molar-refractivity contribution in [1.82, 2.24) is 0 Å². The summed E-state index contributed by atoms with van der Waals surface area (Å²) in [6.45, 7) is 0. The molecule has 4 aromatic carbocycles. The van der Waals surface area contributed by atoms with Gasteiger partial charge in [0.2, 0.25) is 0 Å². The van der Waals surface area contributed by atoms with Crippen molar-refractivity contribution >= 4 is 35.1 Å². The quantitative estimate of drug-likeness (QED) is 0.273. The van der Waals surface area contributed by atoms with E-state index in [9.17, 15) is 19.8 Å². The Morgan fingerprint density at radius 3 is 1.27 bits per heavy atom. The number of aromatic carboxylic acids is 2. The SMILES string of the molecule is Nc1ccc(-c2ccc(C(=O)O)cc2)c(Sc2cc(N)ccc2-c2ccc(C(=O)O)cc2)c1. The van der Waals surface area contributed by atoms with E-state index in [0.29, 0.717) is 11.4 Å². The number of hydrogen-bond donors (Lipinski definition) is 4. The smallest absolute Gasteiger partial charge is 0.335 e. The van der Waals surface area contributed by atoms with E-state index in [1.54, 1.807) is 60.7 Å². The molecule has 0 aliphatic heterocycles. The molecule has 4 aromatic rings. The van der Waals surface area contributed by atoms with Crippen LogP contribution in [0, 0.1) is 0 Å². The summed E-state index contributed by atoms with van der Waals surface area (Å²) in [6.07, 6.45) is 0. The molecule has 33 heavy (non-hydrogen) atoms. The zero-order chi connectivity index (χ0) is 23.5. The van der Waals surface area contributed by atoms with Crippen LogP contribution in [0.4, 0.5) is 11.4 Å². The standard InChI is InChI=1S/C26H20N2O4S/c27-19-9-11-21(15-1-5-17(6-2-15)25(29)30)23(13-19)33-24-14-20(28)10-12-22(24)16-3-7-18(8-4-16)26(31)32/h1-14H,27-28H2,(H,29,30)(H,31,32). The second kappa shape index (κ2) is 9.10. The van der Waals surface area contributed by atoms with Crippen molar-refractivity contribution in [2.75, 3.05) is 11.5 Å². The maximum absolute atomic E-state index is 11.2. The third-order valence-corrected chi connectivity index (χ3v) is 6.23. The molecule has 0 spiro atoms. The molecule has 4 rings (SSSR count). The zero-order valence-electron chi connectivity index (χ0n) is 17.4. The van der Waals surface area contributed by atoms with E-state index >= 15 is 0 Å². The predicted molar refractivity (Wildman–Crippen MR) is 131 cm³/mol. The fourth-order valence-electron chi connectivity index (χ4n) is 3.43. The molecule has 0 radical (unpaired) electrons. The van der Waals surface area contributed by atoms with Crippen LogP contribution in [-0.2, 0) is 0 Å². The number of anilines is 2. The summed E-state index contributed by atoms with van der Waals surface area (Å²) < 4.78 is 0. The largest absolute Gasteiger partial charge is 0.478 e. The molecule has 0 atom stereocenters. The Balaban J connectivity index is 1.76. The molecule has 0 heterocycles. The third kappa shape index (κ3) is 4.83. The Hall–Kier alpha value is -4.23. The van der Waals surface area contributed by atoms with E-state index in [1.165, 1.54) is 11.8 Å². The molecule has 0 aromatic heterocycles. The maximum atomic E-state index is 11.2. The zero-order valence-corrected chi connectivity index (χ0v) is 18.2. The molecule has 0 saturated heterocycles. The summed E-state index contributed by atoms with van der Waals surface area (Å²) in [5.74, 6) is -1.96. The molecular formula is C26H20N2O4S. The van der Waals surface area contributed by atoms with E-state index < -0.39 is 11.9 Å². The lowest BCUT2D eigenvalue weighted by Gasteiger charge is -2.15. The van der Waals surface area contributed by atoms with Crippen LogP contribution < -0.4 is 11.5 Å². The second-order valence-corrected chi connectivity index (χ2v) is 8.46. The predicted octanol–water partition coefficient (Wildman–Crippen LogP) is 5.73. The second-order valence-electron chi connectivity index (χ2n) is 7.38. The van der Waals surface area contributed by atoms with Gasteiger partial charge in [0, 0.05) is 21.2 Å². The lowest BCUT2D eigenvalue weighted by molar-refractivity contribution is 0.0686. The monoisotopic (exact) mass is 456 g/mol. The van der Waals surface area contributed by atoms with Gasteiger partial charge in [-0.3, -0.25) is 0 Å². The molecule has 0 fully saturated rings. The van der Waals surface area contributed by atoms with E-state index in [-0.39, 0.29) is 11.1 Å². The van der Waals surface area contributed by atoms with Gasteiger partial charge in [0.15, 0.2) is 0 Å². The number of hydrogen-bond acceptors (Lipinski definition) is 5. The third-order valence-electron chi connectivity index (χ3n) is 5.12. The summed E-state index contributed by atoms with van der Waals surface area (Å²) >= 11 is 1.49. The molecule has 0 bridgehead atoms. The fraction of sp³-hybridized carbons (Fsp3) is 0. The fourth-order valence-corrected chi connectivity index (χ4v) is 4.65. The van der Waals surface area contributed by atoms with Crippen molar-refractivity contribution < 1.29 is 19.8 Å². The van der Waals surface area contributed by atoms with Crippen molar-refractivity contribution in [3.63, 3.8) is 0 Å². The molecule has 0 amide bonds. The summed E-state index contributed by atoms with van der Waals surface area (Å²) in [6, 6.07) is 24.5. The molecule has 0 saturated carbocycles. The number of benzene rings is 4. The minimum absolute atomic E-state index is 0.214. The molecule has 6 nitrogen and oxygen atoms in total. The molecule has 0 aliphatic rings. The summed E-state index contributed by atoms with van der Waals surface area (Å²) in [5, 5.41) is 18.4. The molecule has 6 N–H and O–H groups in total.